The molecule has 0 spiro atoms. The van der Waals surface area contributed by atoms with Crippen LogP contribution < -0.4 is 10.6 Å². The summed E-state index contributed by atoms with van der Waals surface area (Å²) in [5, 5.41) is 4.07. The second-order valence-corrected chi connectivity index (χ2v) is 6.54. The maximum Gasteiger partial charge on any atom is 0.482 e. The van der Waals surface area contributed by atoms with Crippen molar-refractivity contribution in [3.05, 3.63) is 71.4 Å². The van der Waals surface area contributed by atoms with Gasteiger partial charge in [0, 0.05) is 29.2 Å². The van der Waals surface area contributed by atoms with Gasteiger partial charge in [0.2, 0.25) is 0 Å². The van der Waals surface area contributed by atoms with Gasteiger partial charge in [0.15, 0.2) is 0 Å². The van der Waals surface area contributed by atoms with Crippen LogP contribution in [0.25, 0.3) is 11.1 Å². The Morgan fingerprint density at radius 2 is 1.90 bits per heavy atom. The summed E-state index contributed by atoms with van der Waals surface area (Å²) < 4.78 is 51.5. The van der Waals surface area contributed by atoms with Gasteiger partial charge in [-0.15, -0.1) is 0 Å². The molecule has 0 aliphatic rings. The van der Waals surface area contributed by atoms with Gasteiger partial charge < -0.3 is 5.32 Å². The number of hydrogen-bond donors (Lipinski definition) is 2. The molecule has 0 bridgehead atoms. The van der Waals surface area contributed by atoms with Crippen LogP contribution in [0.5, 0.6) is 0 Å². The molecule has 3 aromatic rings. The molecule has 0 atom stereocenters. The van der Waals surface area contributed by atoms with E-state index in [0.29, 0.717) is 23.1 Å². The molecule has 156 valence electrons. The number of anilines is 2. The van der Waals surface area contributed by atoms with E-state index in [0.717, 1.165) is 6.20 Å². The summed E-state index contributed by atoms with van der Waals surface area (Å²) in [6.07, 6.45) is -0.414. The van der Waals surface area contributed by atoms with Crippen LogP contribution in [0.3, 0.4) is 0 Å². The highest BCUT2D eigenvalue weighted by molar-refractivity contribution is 6.04. The zero-order valence-electron chi connectivity index (χ0n) is 16.1. The van der Waals surface area contributed by atoms with Crippen LogP contribution in [-0.4, -0.2) is 22.2 Å². The van der Waals surface area contributed by atoms with E-state index in [9.17, 15) is 22.4 Å². The number of aryl methyl sites for hydroxylation is 1. The average Bonchev–Trinajstić information content (AvgIpc) is 2.66. The van der Waals surface area contributed by atoms with E-state index in [1.54, 1.807) is 26.0 Å². The molecule has 0 fully saturated rings. The molecule has 0 aliphatic carbocycles. The summed E-state index contributed by atoms with van der Waals surface area (Å²) in [5.41, 5.74) is 2.12. The molecule has 0 saturated carbocycles. The van der Waals surface area contributed by atoms with Crippen LogP contribution in [0.1, 0.15) is 28.4 Å². The summed E-state index contributed by atoms with van der Waals surface area (Å²) in [5.74, 6) is -0.871. The summed E-state index contributed by atoms with van der Waals surface area (Å²) in [4.78, 5) is 20.4. The second-order valence-electron chi connectivity index (χ2n) is 6.54. The van der Waals surface area contributed by atoms with E-state index in [1.807, 2.05) is 0 Å². The van der Waals surface area contributed by atoms with Crippen molar-refractivity contribution in [3.63, 3.8) is 0 Å². The molecule has 1 aromatic carbocycles. The molecule has 30 heavy (non-hydrogen) atoms. The van der Waals surface area contributed by atoms with Gasteiger partial charge in [-0.1, -0.05) is 19.1 Å². The molecule has 3 rings (SSSR count). The van der Waals surface area contributed by atoms with Crippen LogP contribution in [0.15, 0.2) is 48.9 Å². The zero-order chi connectivity index (χ0) is 21.9. The van der Waals surface area contributed by atoms with Gasteiger partial charge in [-0.05, 0) is 42.7 Å². The molecule has 5 nitrogen and oxygen atoms in total. The lowest BCUT2D eigenvalue weighted by Gasteiger charge is -2.13. The fourth-order valence-electron chi connectivity index (χ4n) is 3.06. The summed E-state index contributed by atoms with van der Waals surface area (Å²) >= 11 is 0. The summed E-state index contributed by atoms with van der Waals surface area (Å²) in [6.45, 7) is 3.48. The van der Waals surface area contributed by atoms with Crippen molar-refractivity contribution in [3.8, 4) is 11.1 Å². The molecule has 0 unspecified atom stereocenters. The van der Waals surface area contributed by atoms with Gasteiger partial charge in [0.1, 0.15) is 11.6 Å². The smallest absolute Gasteiger partial charge is 0.306 e. The highest BCUT2D eigenvalue weighted by atomic mass is 19.4. The number of halogens is 4. The van der Waals surface area contributed by atoms with Crippen molar-refractivity contribution in [1.29, 1.82) is 0 Å². The minimum Gasteiger partial charge on any atom is -0.306 e. The predicted molar refractivity (Wildman–Crippen MR) is 106 cm³/mol. The number of carbonyl (C=O) groups is 1. The third-order valence-electron chi connectivity index (χ3n) is 4.42. The van der Waals surface area contributed by atoms with Crippen molar-refractivity contribution in [2.24, 2.45) is 0 Å². The number of carbonyl (C=O) groups excluding carboxylic acids is 1. The zero-order valence-corrected chi connectivity index (χ0v) is 16.1. The lowest BCUT2D eigenvalue weighted by Crippen LogP contribution is -2.20. The Morgan fingerprint density at radius 3 is 2.57 bits per heavy atom. The van der Waals surface area contributed by atoms with E-state index in [4.69, 9.17) is 0 Å². The molecule has 1 amide bonds. The van der Waals surface area contributed by atoms with Crippen LogP contribution >= 0.6 is 0 Å². The number of nitrogens with zero attached hydrogens (tertiary/aromatic N) is 2. The highest BCUT2D eigenvalue weighted by Gasteiger charge is 2.27. The minimum atomic E-state index is -4.54. The maximum atomic E-state index is 13.9. The number of benzene rings is 1. The van der Waals surface area contributed by atoms with Crippen molar-refractivity contribution < 1.29 is 22.4 Å². The van der Waals surface area contributed by atoms with Crippen LogP contribution in [0, 0.1) is 12.7 Å². The molecular formula is C21H18F4N4O. The van der Waals surface area contributed by atoms with Crippen molar-refractivity contribution in [1.82, 2.24) is 9.97 Å². The Kier molecular flexibility index (Phi) is 6.00. The number of hydrogen-bond acceptors (Lipinski definition) is 4. The standard InChI is InChI=1S/C21H18F4N4O/c1-3-15-17(9-26-11-18(15)22)20(30)28-19-7-12(2)16(10-27-19)13-5-4-6-14(8-13)29-21(23,24)25/h4-11,29H,3H2,1-2H3,(H,27,28,30). The summed E-state index contributed by atoms with van der Waals surface area (Å²) in [7, 11) is 0. The molecule has 0 aliphatic heterocycles. The first-order valence-corrected chi connectivity index (χ1v) is 9.03. The van der Waals surface area contributed by atoms with Gasteiger partial charge in [-0.2, -0.15) is 13.2 Å². The van der Waals surface area contributed by atoms with Crippen LogP contribution in [0.4, 0.5) is 29.1 Å². The fraction of sp³-hybridized carbons (Fsp3) is 0.190. The Balaban J connectivity index is 1.84. The highest BCUT2D eigenvalue weighted by Crippen LogP contribution is 2.28. The minimum absolute atomic E-state index is 0.0949. The van der Waals surface area contributed by atoms with Crippen molar-refractivity contribution in [2.45, 2.75) is 26.6 Å². The lowest BCUT2D eigenvalue weighted by molar-refractivity contribution is -0.0999. The van der Waals surface area contributed by atoms with E-state index in [2.05, 4.69) is 15.3 Å². The Bertz CT molecular complexity index is 1080. The first-order chi connectivity index (χ1) is 14.2. The molecule has 2 heterocycles. The Labute approximate surface area is 170 Å². The Morgan fingerprint density at radius 1 is 1.13 bits per heavy atom. The largest absolute Gasteiger partial charge is 0.482 e. The maximum absolute atomic E-state index is 13.9. The molecule has 0 radical (unpaired) electrons. The van der Waals surface area contributed by atoms with Gasteiger partial charge >= 0.3 is 6.30 Å². The van der Waals surface area contributed by atoms with Crippen molar-refractivity contribution >= 4 is 17.4 Å². The number of nitrogens with one attached hydrogen (secondary N) is 2. The normalized spacial score (nSPS) is 11.3. The summed E-state index contributed by atoms with van der Waals surface area (Å²) in [6, 6.07) is 7.43. The van der Waals surface area contributed by atoms with E-state index < -0.39 is 18.0 Å². The predicted octanol–water partition coefficient (Wildman–Crippen LogP) is 5.34. The first-order valence-electron chi connectivity index (χ1n) is 9.03. The third-order valence-corrected chi connectivity index (χ3v) is 4.42. The van der Waals surface area contributed by atoms with E-state index in [1.165, 1.54) is 35.9 Å². The number of alkyl halides is 3. The SMILES string of the molecule is CCc1c(F)cncc1C(=O)Nc1cc(C)c(-c2cccc(NC(F)(F)F)c2)cn1. The lowest BCUT2D eigenvalue weighted by atomic mass is 10.0. The second kappa shape index (κ2) is 8.48. The fourth-order valence-corrected chi connectivity index (χ4v) is 3.06. The molecule has 0 saturated heterocycles. The van der Waals surface area contributed by atoms with Gasteiger partial charge in [-0.3, -0.25) is 15.1 Å². The number of amides is 1. The topological polar surface area (TPSA) is 66.9 Å². The molecule has 2 aromatic heterocycles. The Hall–Kier alpha value is -3.49. The number of aromatic nitrogens is 2. The van der Waals surface area contributed by atoms with Gasteiger partial charge in [0.25, 0.3) is 5.91 Å². The van der Waals surface area contributed by atoms with Crippen LogP contribution in [-0.2, 0) is 6.42 Å². The molecular weight excluding hydrogens is 400 g/mol. The van der Waals surface area contributed by atoms with E-state index >= 15 is 0 Å². The third kappa shape index (κ3) is 4.91. The average molecular weight is 418 g/mol. The number of rotatable bonds is 5. The van der Waals surface area contributed by atoms with Gasteiger partial charge in [0.05, 0.1) is 11.8 Å². The van der Waals surface area contributed by atoms with Gasteiger partial charge in [-0.25, -0.2) is 9.37 Å². The monoisotopic (exact) mass is 418 g/mol. The molecule has 9 heteroatoms. The van der Waals surface area contributed by atoms with Crippen LogP contribution in [0.2, 0.25) is 0 Å². The van der Waals surface area contributed by atoms with Crippen molar-refractivity contribution in [2.75, 3.05) is 10.6 Å². The van der Waals surface area contributed by atoms with E-state index in [-0.39, 0.29) is 22.6 Å². The number of pyridine rings is 2. The first kappa shape index (κ1) is 21.2. The molecule has 2 N–H and O–H groups in total. The quantitative estimate of drug-likeness (QED) is 0.434.